The molecule has 0 saturated carbocycles. The fraction of sp³-hybridized carbons (Fsp3) is 0.700. The largest absolute Gasteiger partial charge is 0.373 e. The summed E-state index contributed by atoms with van der Waals surface area (Å²) in [6, 6.07) is 9.81. The Balaban J connectivity index is 1.87. The Bertz CT molecular complexity index is 450. The van der Waals surface area contributed by atoms with Crippen molar-refractivity contribution in [1.29, 1.82) is 0 Å². The van der Waals surface area contributed by atoms with Gasteiger partial charge in [0.1, 0.15) is 0 Å². The molecule has 0 aromatic heterocycles. The zero-order chi connectivity index (χ0) is 16.3. The van der Waals surface area contributed by atoms with Crippen molar-refractivity contribution >= 4 is 0 Å². The Hall–Kier alpha value is -0.860. The summed E-state index contributed by atoms with van der Waals surface area (Å²) < 4.78 is 5.83. The average Bonchev–Trinajstić information content (AvgIpc) is 2.43. The molecule has 22 heavy (non-hydrogen) atoms. The predicted octanol–water partition coefficient (Wildman–Crippen LogP) is 4.41. The fourth-order valence-corrected chi connectivity index (χ4v) is 3.31. The molecule has 0 spiro atoms. The van der Waals surface area contributed by atoms with Crippen LogP contribution >= 0.6 is 0 Å². The van der Waals surface area contributed by atoms with Gasteiger partial charge >= 0.3 is 0 Å². The molecule has 0 radical (unpaired) electrons. The number of ether oxygens (including phenoxy) is 1. The zero-order valence-electron chi connectivity index (χ0n) is 15.2. The van der Waals surface area contributed by atoms with E-state index in [1.54, 1.807) is 0 Å². The van der Waals surface area contributed by atoms with Gasteiger partial charge in [-0.2, -0.15) is 0 Å². The van der Waals surface area contributed by atoms with Gasteiger partial charge in [-0.3, -0.25) is 4.90 Å². The lowest BCUT2D eigenvalue weighted by molar-refractivity contribution is -0.0790. The summed E-state index contributed by atoms with van der Waals surface area (Å²) in [6.07, 6.45) is 3.09. The number of hydrogen-bond donors (Lipinski definition) is 0. The maximum absolute atomic E-state index is 5.83. The van der Waals surface area contributed by atoms with Gasteiger partial charge in [-0.1, -0.05) is 45.0 Å². The van der Waals surface area contributed by atoms with E-state index in [9.17, 15) is 0 Å². The first kappa shape index (κ1) is 17.5. The van der Waals surface area contributed by atoms with E-state index in [4.69, 9.17) is 4.74 Å². The smallest absolute Gasteiger partial charge is 0.0678 e. The van der Waals surface area contributed by atoms with Crippen molar-refractivity contribution in [3.63, 3.8) is 0 Å². The first-order chi connectivity index (χ1) is 10.3. The summed E-state index contributed by atoms with van der Waals surface area (Å²) in [5.41, 5.74) is 3.11. The fourth-order valence-electron chi connectivity index (χ4n) is 3.31. The van der Waals surface area contributed by atoms with Crippen LogP contribution in [0, 0.1) is 0 Å². The molecular weight excluding hydrogens is 270 g/mol. The topological polar surface area (TPSA) is 12.5 Å². The molecule has 1 aliphatic rings. The summed E-state index contributed by atoms with van der Waals surface area (Å²) in [7, 11) is 0. The van der Waals surface area contributed by atoms with Gasteiger partial charge in [0, 0.05) is 19.1 Å². The van der Waals surface area contributed by atoms with Gasteiger partial charge in [-0.15, -0.1) is 0 Å². The highest BCUT2D eigenvalue weighted by Gasteiger charge is 2.25. The molecule has 1 aromatic carbocycles. The van der Waals surface area contributed by atoms with E-state index in [1.165, 1.54) is 17.5 Å². The standard InChI is InChI=1S/C20H33NO/c1-15(21-13-16(2)22-17(3)14-21)7-8-18-9-11-19(12-10-18)20(4,5)6/h9-12,15-17H,7-8,13-14H2,1-6H3. The number of hydrogen-bond acceptors (Lipinski definition) is 2. The molecule has 3 unspecified atom stereocenters. The summed E-state index contributed by atoms with van der Waals surface area (Å²) in [6.45, 7) is 15.7. The normalized spacial score (nSPS) is 25.2. The molecule has 0 N–H and O–H groups in total. The van der Waals surface area contributed by atoms with Crippen LogP contribution in [0.15, 0.2) is 24.3 Å². The van der Waals surface area contributed by atoms with Gasteiger partial charge in [0.15, 0.2) is 0 Å². The van der Waals surface area contributed by atoms with Crippen LogP contribution in [0.4, 0.5) is 0 Å². The molecule has 3 atom stereocenters. The van der Waals surface area contributed by atoms with Gasteiger partial charge in [-0.25, -0.2) is 0 Å². The molecule has 2 heteroatoms. The van der Waals surface area contributed by atoms with Crippen molar-refractivity contribution in [2.24, 2.45) is 0 Å². The van der Waals surface area contributed by atoms with Crippen LogP contribution in [0.3, 0.4) is 0 Å². The lowest BCUT2D eigenvalue weighted by atomic mass is 9.86. The highest BCUT2D eigenvalue weighted by Crippen LogP contribution is 2.23. The monoisotopic (exact) mass is 303 g/mol. The highest BCUT2D eigenvalue weighted by atomic mass is 16.5. The maximum atomic E-state index is 5.83. The van der Waals surface area contributed by atoms with E-state index in [1.807, 2.05) is 0 Å². The van der Waals surface area contributed by atoms with Gasteiger partial charge in [-0.05, 0) is 50.2 Å². The maximum Gasteiger partial charge on any atom is 0.0678 e. The Morgan fingerprint density at radius 2 is 1.64 bits per heavy atom. The van der Waals surface area contributed by atoms with Crippen molar-refractivity contribution in [2.45, 2.75) is 78.0 Å². The van der Waals surface area contributed by atoms with Crippen molar-refractivity contribution in [2.75, 3.05) is 13.1 Å². The molecule has 2 nitrogen and oxygen atoms in total. The zero-order valence-corrected chi connectivity index (χ0v) is 15.2. The third kappa shape index (κ3) is 4.82. The average molecular weight is 303 g/mol. The lowest BCUT2D eigenvalue weighted by Crippen LogP contribution is -2.49. The molecule has 1 heterocycles. The van der Waals surface area contributed by atoms with Gasteiger partial charge < -0.3 is 4.74 Å². The molecule has 0 amide bonds. The second kappa shape index (κ2) is 7.14. The van der Waals surface area contributed by atoms with Crippen LogP contribution in [0.1, 0.15) is 59.1 Å². The van der Waals surface area contributed by atoms with E-state index < -0.39 is 0 Å². The first-order valence-electron chi connectivity index (χ1n) is 8.74. The molecule has 0 bridgehead atoms. The predicted molar refractivity (Wildman–Crippen MR) is 94.5 cm³/mol. The number of rotatable bonds is 4. The number of benzene rings is 1. The Kier molecular flexibility index (Phi) is 5.68. The van der Waals surface area contributed by atoms with Crippen molar-refractivity contribution < 1.29 is 4.74 Å². The van der Waals surface area contributed by atoms with E-state index in [0.29, 0.717) is 18.2 Å². The highest BCUT2D eigenvalue weighted by molar-refractivity contribution is 5.27. The van der Waals surface area contributed by atoms with Crippen molar-refractivity contribution in [3.05, 3.63) is 35.4 Å². The minimum atomic E-state index is 0.242. The van der Waals surface area contributed by atoms with Crippen LogP contribution in [0.5, 0.6) is 0 Å². The Morgan fingerprint density at radius 3 is 2.14 bits per heavy atom. The molecule has 1 aliphatic heterocycles. The lowest BCUT2D eigenvalue weighted by Gasteiger charge is -2.39. The van der Waals surface area contributed by atoms with Crippen LogP contribution < -0.4 is 0 Å². The molecule has 0 aliphatic carbocycles. The van der Waals surface area contributed by atoms with Crippen LogP contribution in [-0.4, -0.2) is 36.2 Å². The summed E-state index contributed by atoms with van der Waals surface area (Å²) >= 11 is 0. The quantitative estimate of drug-likeness (QED) is 0.816. The molecule has 124 valence electrons. The number of aryl methyl sites for hydroxylation is 1. The van der Waals surface area contributed by atoms with E-state index >= 15 is 0 Å². The summed E-state index contributed by atoms with van der Waals surface area (Å²) in [5.74, 6) is 0. The third-order valence-electron chi connectivity index (χ3n) is 4.74. The van der Waals surface area contributed by atoms with Crippen LogP contribution in [0.25, 0.3) is 0 Å². The number of morpholine rings is 1. The first-order valence-corrected chi connectivity index (χ1v) is 8.74. The third-order valence-corrected chi connectivity index (χ3v) is 4.74. The van der Waals surface area contributed by atoms with E-state index in [0.717, 1.165) is 19.5 Å². The Morgan fingerprint density at radius 1 is 1.09 bits per heavy atom. The van der Waals surface area contributed by atoms with Crippen molar-refractivity contribution in [1.82, 2.24) is 4.90 Å². The Labute approximate surface area is 136 Å². The van der Waals surface area contributed by atoms with Gasteiger partial charge in [0.2, 0.25) is 0 Å². The van der Waals surface area contributed by atoms with Crippen LogP contribution in [0.2, 0.25) is 0 Å². The molecular formula is C20H33NO. The van der Waals surface area contributed by atoms with Gasteiger partial charge in [0.25, 0.3) is 0 Å². The van der Waals surface area contributed by atoms with Crippen LogP contribution in [-0.2, 0) is 16.6 Å². The van der Waals surface area contributed by atoms with Gasteiger partial charge in [0.05, 0.1) is 12.2 Å². The minimum Gasteiger partial charge on any atom is -0.373 e. The molecule has 1 aromatic rings. The van der Waals surface area contributed by atoms with E-state index in [-0.39, 0.29) is 5.41 Å². The van der Waals surface area contributed by atoms with E-state index in [2.05, 4.69) is 70.7 Å². The SMILES string of the molecule is CC1CN(C(C)CCc2ccc(C(C)(C)C)cc2)CC(C)O1. The summed E-state index contributed by atoms with van der Waals surface area (Å²) in [4.78, 5) is 2.59. The summed E-state index contributed by atoms with van der Waals surface area (Å²) in [5, 5.41) is 0. The second-order valence-corrected chi connectivity index (χ2v) is 8.05. The second-order valence-electron chi connectivity index (χ2n) is 8.05. The van der Waals surface area contributed by atoms with Crippen molar-refractivity contribution in [3.8, 4) is 0 Å². The molecule has 2 rings (SSSR count). The number of nitrogens with zero attached hydrogens (tertiary/aromatic N) is 1. The molecule has 1 saturated heterocycles. The minimum absolute atomic E-state index is 0.242. The molecule has 1 fully saturated rings.